The molecular weight excluding hydrogens is 504 g/mol. The highest BCUT2D eigenvalue weighted by molar-refractivity contribution is 5.80. The van der Waals surface area contributed by atoms with Gasteiger partial charge in [-0.05, 0) is 39.7 Å². The van der Waals surface area contributed by atoms with Crippen molar-refractivity contribution in [3.63, 3.8) is 0 Å². The van der Waals surface area contributed by atoms with Crippen LogP contribution in [0.3, 0.4) is 0 Å². The number of carboxylic acid groups (broad SMARTS) is 1. The van der Waals surface area contributed by atoms with E-state index in [1.807, 2.05) is 24.3 Å². The number of ether oxygens (including phenoxy) is 3. The number of carboxylic acids is 1. The first kappa shape index (κ1) is 26.6. The Morgan fingerprint density at radius 3 is 2.67 bits per heavy atom. The topological polar surface area (TPSA) is 130 Å². The quantitative estimate of drug-likeness (QED) is 0.340. The van der Waals surface area contributed by atoms with Gasteiger partial charge in [-0.3, -0.25) is 9.59 Å². The molecule has 0 radical (unpaired) electrons. The number of hydrogen-bond acceptors (Lipinski definition) is 8. The summed E-state index contributed by atoms with van der Waals surface area (Å²) in [5.74, 6) is 0.140. The lowest BCUT2D eigenvalue weighted by Crippen LogP contribution is -2.38. The number of carbonyl (C=O) groups is 1. The lowest BCUT2D eigenvalue weighted by atomic mass is 9.86. The highest BCUT2D eigenvalue weighted by Crippen LogP contribution is 2.33. The first-order valence-corrected chi connectivity index (χ1v) is 12.8. The van der Waals surface area contributed by atoms with Crippen LogP contribution in [0.5, 0.6) is 5.75 Å². The molecule has 0 aliphatic carbocycles. The zero-order valence-corrected chi connectivity index (χ0v) is 22.4. The van der Waals surface area contributed by atoms with E-state index >= 15 is 0 Å². The lowest BCUT2D eigenvalue weighted by molar-refractivity contribution is -0.142. The Bertz CT molecular complexity index is 1530. The number of rotatable bonds is 9. The predicted octanol–water partition coefficient (Wildman–Crippen LogP) is 3.77. The third kappa shape index (κ3) is 4.95. The van der Waals surface area contributed by atoms with E-state index in [9.17, 15) is 14.7 Å². The SMILES string of the molecule is COc1ccccc1[C@H](Cn1cc(C(C)(C)C(=O)O)c(=O)n2c(C)c(-c3ncco3)nc12)OC1CCOCC1. The minimum Gasteiger partial charge on any atom is -0.496 e. The van der Waals surface area contributed by atoms with Crippen LogP contribution in [0, 0.1) is 6.92 Å². The smallest absolute Gasteiger partial charge is 0.313 e. The summed E-state index contributed by atoms with van der Waals surface area (Å²) < 4.78 is 26.5. The molecule has 0 bridgehead atoms. The molecule has 1 aliphatic rings. The van der Waals surface area contributed by atoms with E-state index in [1.165, 1.54) is 30.7 Å². The maximum absolute atomic E-state index is 13.7. The molecule has 1 saturated heterocycles. The number of aromatic nitrogens is 4. The molecule has 3 aromatic heterocycles. The molecule has 11 nitrogen and oxygen atoms in total. The molecule has 1 aliphatic heterocycles. The van der Waals surface area contributed by atoms with Crippen LogP contribution >= 0.6 is 0 Å². The van der Waals surface area contributed by atoms with E-state index in [0.717, 1.165) is 18.4 Å². The molecule has 0 unspecified atom stereocenters. The molecule has 4 heterocycles. The summed E-state index contributed by atoms with van der Waals surface area (Å²) in [6.07, 6.45) is 5.49. The number of benzene rings is 1. The van der Waals surface area contributed by atoms with Crippen molar-refractivity contribution in [2.45, 2.75) is 57.8 Å². The predicted molar refractivity (Wildman–Crippen MR) is 141 cm³/mol. The van der Waals surface area contributed by atoms with Crippen molar-refractivity contribution in [3.05, 3.63) is 70.1 Å². The van der Waals surface area contributed by atoms with Crippen LogP contribution in [0.2, 0.25) is 0 Å². The van der Waals surface area contributed by atoms with E-state index < -0.39 is 23.0 Å². The van der Waals surface area contributed by atoms with Gasteiger partial charge in [0.2, 0.25) is 11.7 Å². The summed E-state index contributed by atoms with van der Waals surface area (Å²) in [6.45, 7) is 6.23. The fraction of sp³-hybridized carbons (Fsp3) is 0.429. The number of hydrogen-bond donors (Lipinski definition) is 1. The van der Waals surface area contributed by atoms with Gasteiger partial charge in [0.1, 0.15) is 23.8 Å². The van der Waals surface area contributed by atoms with Gasteiger partial charge in [-0.2, -0.15) is 0 Å². The van der Waals surface area contributed by atoms with Gasteiger partial charge in [0.15, 0.2) is 0 Å². The summed E-state index contributed by atoms with van der Waals surface area (Å²) in [5.41, 5.74) is -0.0845. The molecular formula is C28H32N4O7. The molecule has 39 heavy (non-hydrogen) atoms. The zero-order chi connectivity index (χ0) is 27.7. The van der Waals surface area contributed by atoms with Gasteiger partial charge in [-0.25, -0.2) is 14.4 Å². The second kappa shape index (κ2) is 10.7. The average Bonchev–Trinajstić information content (AvgIpc) is 3.58. The van der Waals surface area contributed by atoms with E-state index in [1.54, 1.807) is 24.8 Å². The van der Waals surface area contributed by atoms with Gasteiger partial charge in [-0.1, -0.05) is 18.2 Å². The van der Waals surface area contributed by atoms with Gasteiger partial charge < -0.3 is 28.3 Å². The zero-order valence-electron chi connectivity index (χ0n) is 22.4. The van der Waals surface area contributed by atoms with Gasteiger partial charge in [0.25, 0.3) is 5.56 Å². The van der Waals surface area contributed by atoms with E-state index in [-0.39, 0.29) is 24.1 Å². The first-order valence-electron chi connectivity index (χ1n) is 12.8. The average molecular weight is 537 g/mol. The third-order valence-corrected chi connectivity index (χ3v) is 7.28. The summed E-state index contributed by atoms with van der Waals surface area (Å²) in [6, 6.07) is 7.62. The Hall–Kier alpha value is -3.96. The Balaban J connectivity index is 1.70. The van der Waals surface area contributed by atoms with Crippen molar-refractivity contribution in [2.24, 2.45) is 0 Å². The number of para-hydroxylation sites is 1. The first-order chi connectivity index (χ1) is 18.7. The standard InChI is InChI=1S/C28H32N4O7/c1-17-23(24-29-11-14-38-24)30-27-31(15-20(25(33)32(17)27)28(2,3)26(34)35)16-22(39-18-9-12-37-13-10-18)19-7-5-6-8-21(19)36-4/h5-8,11,14-15,18,22H,9-10,12-13,16H2,1-4H3,(H,34,35)/t22-/m0/s1. The molecule has 0 spiro atoms. The Morgan fingerprint density at radius 2 is 2.00 bits per heavy atom. The number of methoxy groups -OCH3 is 1. The molecule has 206 valence electrons. The number of oxazole rings is 1. The van der Waals surface area contributed by atoms with Crippen LogP contribution in [-0.4, -0.2) is 56.4 Å². The largest absolute Gasteiger partial charge is 0.496 e. The molecule has 1 aromatic carbocycles. The van der Waals surface area contributed by atoms with Crippen molar-refractivity contribution in [2.75, 3.05) is 20.3 Å². The van der Waals surface area contributed by atoms with Gasteiger partial charge in [-0.15, -0.1) is 0 Å². The highest BCUT2D eigenvalue weighted by Gasteiger charge is 2.35. The number of aliphatic carboxylic acids is 1. The number of fused-ring (bicyclic) bond motifs is 1. The van der Waals surface area contributed by atoms with Crippen LogP contribution in [0.15, 0.2) is 52.1 Å². The normalized spacial score (nSPS) is 15.5. The molecule has 4 aromatic rings. The van der Waals surface area contributed by atoms with Gasteiger partial charge >= 0.3 is 5.97 Å². The summed E-state index contributed by atoms with van der Waals surface area (Å²) >= 11 is 0. The van der Waals surface area contributed by atoms with Crippen LogP contribution in [0.25, 0.3) is 17.4 Å². The lowest BCUT2D eigenvalue weighted by Gasteiger charge is -2.30. The Morgan fingerprint density at radius 1 is 1.26 bits per heavy atom. The van der Waals surface area contributed by atoms with Gasteiger partial charge in [0.05, 0.1) is 42.6 Å². The second-order valence-electron chi connectivity index (χ2n) is 10.1. The molecule has 11 heteroatoms. The third-order valence-electron chi connectivity index (χ3n) is 7.28. The number of imidazole rings is 1. The number of aryl methyl sites for hydroxylation is 1. The van der Waals surface area contributed by atoms with Crippen molar-refractivity contribution in [1.82, 2.24) is 18.9 Å². The minimum absolute atomic E-state index is 0.0386. The van der Waals surface area contributed by atoms with Crippen LogP contribution in [0.4, 0.5) is 0 Å². The maximum Gasteiger partial charge on any atom is 0.313 e. The van der Waals surface area contributed by atoms with Crippen molar-refractivity contribution >= 4 is 11.7 Å². The van der Waals surface area contributed by atoms with E-state index in [2.05, 4.69) is 4.98 Å². The van der Waals surface area contributed by atoms with E-state index in [4.69, 9.17) is 23.6 Å². The Labute approximate surface area is 225 Å². The summed E-state index contributed by atoms with van der Waals surface area (Å²) in [4.78, 5) is 34.9. The molecule has 1 N–H and O–H groups in total. The second-order valence-corrected chi connectivity index (χ2v) is 10.1. The summed E-state index contributed by atoms with van der Waals surface area (Å²) in [7, 11) is 1.61. The molecule has 1 atom stereocenters. The van der Waals surface area contributed by atoms with Crippen LogP contribution in [0.1, 0.15) is 49.6 Å². The Kier molecular flexibility index (Phi) is 7.28. The van der Waals surface area contributed by atoms with E-state index in [0.29, 0.717) is 36.1 Å². The molecule has 1 fully saturated rings. The monoisotopic (exact) mass is 536 g/mol. The van der Waals surface area contributed by atoms with Gasteiger partial charge in [0, 0.05) is 25.0 Å². The molecule has 0 amide bonds. The fourth-order valence-electron chi connectivity index (χ4n) is 4.90. The summed E-state index contributed by atoms with van der Waals surface area (Å²) in [5, 5.41) is 10.0. The van der Waals surface area contributed by atoms with Crippen molar-refractivity contribution < 1.29 is 28.5 Å². The minimum atomic E-state index is -1.46. The van der Waals surface area contributed by atoms with Crippen LogP contribution in [-0.2, 0) is 26.2 Å². The van der Waals surface area contributed by atoms with Crippen LogP contribution < -0.4 is 10.3 Å². The molecule has 0 saturated carbocycles. The highest BCUT2D eigenvalue weighted by atomic mass is 16.5. The fourth-order valence-corrected chi connectivity index (χ4v) is 4.90. The maximum atomic E-state index is 13.7. The van der Waals surface area contributed by atoms with Crippen molar-refractivity contribution in [1.29, 1.82) is 0 Å². The van der Waals surface area contributed by atoms with Crippen molar-refractivity contribution in [3.8, 4) is 17.3 Å². The number of nitrogens with zero attached hydrogens (tertiary/aromatic N) is 4. The molecule has 5 rings (SSSR count).